The van der Waals surface area contributed by atoms with Gasteiger partial charge in [-0.15, -0.1) is 0 Å². The topological polar surface area (TPSA) is 19.6 Å². The molecule has 0 amide bonds. The largest absolute Gasteiger partial charge is 0.310 e. The summed E-state index contributed by atoms with van der Waals surface area (Å²) in [6.07, 6.45) is 0. The maximum atomic E-state index is 10.2. The lowest BCUT2D eigenvalue weighted by Crippen LogP contribution is -2.61. The van der Waals surface area contributed by atoms with Crippen LogP contribution in [-0.2, 0) is 21.7 Å². The van der Waals surface area contributed by atoms with Crippen molar-refractivity contribution >= 4 is 118 Å². The first kappa shape index (κ1) is 53.7. The molecule has 0 atom stereocenters. The lowest BCUT2D eigenvalue weighted by Gasteiger charge is -2.46. The van der Waals surface area contributed by atoms with Crippen LogP contribution in [0.3, 0.4) is 0 Å². The predicted molar refractivity (Wildman–Crippen MR) is 506 cm³/mol. The summed E-state index contributed by atoms with van der Waals surface area (Å²) < 4.78 is 202. The summed E-state index contributed by atoms with van der Waals surface area (Å²) in [5.74, 6) is 0. The third-order valence-electron chi connectivity index (χ3n) is 23.4. The van der Waals surface area contributed by atoms with Gasteiger partial charge in [0.15, 0.2) is 0 Å². The Morgan fingerprint density at radius 1 is 0.263 bits per heavy atom. The minimum absolute atomic E-state index is 0.0815. The van der Waals surface area contributed by atoms with Crippen molar-refractivity contribution in [2.24, 2.45) is 0 Å². The van der Waals surface area contributed by atoms with Crippen molar-refractivity contribution in [2.75, 3.05) is 14.7 Å². The molecule has 18 aromatic rings. The Morgan fingerprint density at radius 3 is 0.975 bits per heavy atom. The van der Waals surface area contributed by atoms with Crippen molar-refractivity contribution in [2.45, 2.75) is 105 Å². The zero-order valence-electron chi connectivity index (χ0n) is 88.8. The molecule has 0 saturated carbocycles. The monoisotopic (exact) mass is 1540 g/mol. The van der Waals surface area contributed by atoms with Gasteiger partial charge in [0.05, 0.1) is 62.2 Å². The second-order valence-corrected chi connectivity index (χ2v) is 35.0. The van der Waals surface area contributed by atoms with E-state index in [1.807, 2.05) is 109 Å². The molecule has 0 unspecified atom stereocenters. The van der Waals surface area contributed by atoms with E-state index in [-0.39, 0.29) is 72.0 Å². The summed E-state index contributed by atoms with van der Waals surface area (Å²) in [4.78, 5) is 6.29. The van der Waals surface area contributed by atoms with Gasteiger partial charge in [-0.05, 0) is 215 Å². The molecule has 118 heavy (non-hydrogen) atoms. The second-order valence-electron chi connectivity index (χ2n) is 35.0. The molecule has 16 aromatic carbocycles. The van der Waals surface area contributed by atoms with Crippen LogP contribution in [0.2, 0.25) is 0 Å². The standard InChI is InChI=1S/C112H96BN5/c1-109(2,3)79-62-77(63-80(66-79)110(4,5)6)78-64-104-106-105(65-78)118(108-94(75-40-22-15-23-41-75)69-82(112(10,11)12)70-95(108)76-42-24-16-25-43-76)103-72-87(116-100-52-34-30-48-90(100)91-49-31-35-53-101(91)116)59-61-97(103)113(106)96-60-58-86(71-102(96)117(104)107-92(73-36-18-13-19-37-73)67-81(111(7,8)9)68-93(107)74-38-20-14-21-39-74)114(83-44-26-17-27-45-83)84-54-56-85(57-55-84)115-98-50-32-28-46-88(98)89-47-29-33-51-99(89)115/h13-72H,1-12H3/i17D,26D,27D,28D,29D,30D,31D,32D,33D,34D,35D,44D,45D,46D,47D,48D,49D,50D,51D,52D,53D. The van der Waals surface area contributed by atoms with E-state index < -0.39 is 155 Å². The van der Waals surface area contributed by atoms with E-state index in [2.05, 4.69) is 196 Å². The van der Waals surface area contributed by atoms with Crippen LogP contribution in [0.15, 0.2) is 363 Å². The van der Waals surface area contributed by atoms with Gasteiger partial charge in [0, 0.05) is 95.0 Å². The summed E-state index contributed by atoms with van der Waals surface area (Å²) in [7, 11) is 0. The molecule has 2 aliphatic rings. The number of rotatable bonds is 12. The highest BCUT2D eigenvalue weighted by Crippen LogP contribution is 2.57. The summed E-state index contributed by atoms with van der Waals surface area (Å²) in [5, 5.41) is -0.477. The van der Waals surface area contributed by atoms with E-state index in [4.69, 9.17) is 6.85 Å². The van der Waals surface area contributed by atoms with E-state index in [0.717, 1.165) is 94.7 Å². The number of nitrogens with zero attached hydrogens (tertiary/aromatic N) is 5. The molecule has 20 rings (SSSR count). The Hall–Kier alpha value is -13.4. The van der Waals surface area contributed by atoms with Crippen molar-refractivity contribution in [1.82, 2.24) is 9.13 Å². The van der Waals surface area contributed by atoms with Gasteiger partial charge in [-0.2, -0.15) is 0 Å². The molecule has 6 heteroatoms. The van der Waals surface area contributed by atoms with Gasteiger partial charge in [-0.25, -0.2) is 0 Å². The zero-order chi connectivity index (χ0) is 99.0. The van der Waals surface area contributed by atoms with Gasteiger partial charge in [0.25, 0.3) is 6.71 Å². The van der Waals surface area contributed by atoms with Crippen molar-refractivity contribution in [3.05, 3.63) is 386 Å². The fourth-order valence-electron chi connectivity index (χ4n) is 17.4. The van der Waals surface area contributed by atoms with Gasteiger partial charge in [-0.1, -0.05) is 325 Å². The fourth-order valence-corrected chi connectivity index (χ4v) is 17.4. The van der Waals surface area contributed by atoms with Crippen LogP contribution in [0.25, 0.3) is 111 Å². The van der Waals surface area contributed by atoms with Gasteiger partial charge < -0.3 is 23.8 Å². The highest BCUT2D eigenvalue weighted by atomic mass is 15.2. The minimum atomic E-state index is -0.871. The normalized spacial score (nSPS) is 15.4. The average molecular weight is 1540 g/mol. The van der Waals surface area contributed by atoms with E-state index in [0.29, 0.717) is 33.7 Å². The van der Waals surface area contributed by atoms with Gasteiger partial charge >= 0.3 is 0 Å². The second kappa shape index (κ2) is 28.2. The van der Waals surface area contributed by atoms with Gasteiger partial charge in [0.2, 0.25) is 0 Å². The molecule has 0 bridgehead atoms. The average Bonchev–Trinajstić information content (AvgIpc) is 1.68. The number of para-hydroxylation sites is 5. The summed E-state index contributed by atoms with van der Waals surface area (Å²) in [5.41, 5.74) is 17.0. The Labute approximate surface area is 724 Å². The number of hydrogen-bond donors (Lipinski definition) is 0. The van der Waals surface area contributed by atoms with Crippen LogP contribution in [0.5, 0.6) is 0 Å². The maximum Gasteiger partial charge on any atom is 0.252 e. The lowest BCUT2D eigenvalue weighted by atomic mass is 9.33. The Morgan fingerprint density at radius 2 is 0.585 bits per heavy atom. The maximum absolute atomic E-state index is 10.2. The summed E-state index contributed by atoms with van der Waals surface area (Å²) in [6, 6.07) is 67.8. The Bertz CT molecular complexity index is 7970. The smallest absolute Gasteiger partial charge is 0.252 e. The lowest BCUT2D eigenvalue weighted by molar-refractivity contribution is 0.569. The van der Waals surface area contributed by atoms with Crippen LogP contribution in [0, 0.1) is 0 Å². The molecule has 572 valence electrons. The first-order chi connectivity index (χ1) is 65.8. The number of fused-ring (bicyclic) bond motifs is 10. The van der Waals surface area contributed by atoms with E-state index >= 15 is 0 Å². The first-order valence-electron chi connectivity index (χ1n) is 50.6. The SMILES string of the molecule is [2H]c1c([2H])c([2H])c(N(c2ccc(-n3c4c([2H])c([2H])c([2H])c([2H])c4c4c([2H])c([2H])c([2H])c([2H])c43)cc2)c2ccc3c(c2)N(c2c(-c4ccccc4)cc(C(C)(C)C)cc2-c2ccccc2)c2cc(-c4cc(C(C)(C)C)cc(C(C)(C)C)c4)cc4c2B3c2ccc(-n3c5c([2H])c([2H])c([2H])c([2H])c5c5c([2H])c([2H])c([2H])c([2H])c53)cc2N4c2c(-c3ccccc3)cc(C(C)(C)C)cc2-c2ccccc2)c([2H])c1[2H]. The van der Waals surface area contributed by atoms with Crippen molar-refractivity contribution in [1.29, 1.82) is 0 Å². The molecular formula is C112H96BN5. The molecule has 2 aromatic heterocycles. The molecule has 4 heterocycles. The van der Waals surface area contributed by atoms with Crippen LogP contribution in [0.4, 0.5) is 51.2 Å². The van der Waals surface area contributed by atoms with E-state index in [1.165, 1.54) is 4.57 Å². The minimum Gasteiger partial charge on any atom is -0.310 e. The molecule has 0 spiro atoms. The number of aromatic nitrogens is 2. The first-order valence-corrected chi connectivity index (χ1v) is 40.1. The number of anilines is 9. The third kappa shape index (κ3) is 12.5. The van der Waals surface area contributed by atoms with Crippen molar-refractivity contribution in [3.8, 4) is 67.0 Å². The number of hydrogen-bond acceptors (Lipinski definition) is 3. The highest BCUT2D eigenvalue weighted by molar-refractivity contribution is 7.00. The van der Waals surface area contributed by atoms with Crippen LogP contribution < -0.4 is 31.1 Å². The molecule has 0 aliphatic carbocycles. The summed E-state index contributed by atoms with van der Waals surface area (Å²) >= 11 is 0. The van der Waals surface area contributed by atoms with Crippen molar-refractivity contribution in [3.63, 3.8) is 0 Å². The van der Waals surface area contributed by atoms with Gasteiger partial charge in [0.1, 0.15) is 0 Å². The van der Waals surface area contributed by atoms with Crippen molar-refractivity contribution < 1.29 is 28.8 Å². The number of benzene rings is 16. The zero-order valence-corrected chi connectivity index (χ0v) is 67.8. The van der Waals surface area contributed by atoms with Crippen LogP contribution in [-0.4, -0.2) is 15.8 Å². The van der Waals surface area contributed by atoms with Crippen LogP contribution in [0.1, 0.15) is 134 Å². The van der Waals surface area contributed by atoms with E-state index in [1.54, 1.807) is 33.7 Å². The molecule has 5 nitrogen and oxygen atoms in total. The molecule has 0 N–H and O–H groups in total. The third-order valence-corrected chi connectivity index (χ3v) is 23.4. The summed E-state index contributed by atoms with van der Waals surface area (Å²) in [6.45, 7) is 25.6. The molecule has 2 aliphatic heterocycles. The molecule has 0 radical (unpaired) electrons. The van der Waals surface area contributed by atoms with E-state index in [9.17, 15) is 21.9 Å². The van der Waals surface area contributed by atoms with Crippen LogP contribution >= 0.6 is 0 Å². The molecule has 0 fully saturated rings. The Balaban J connectivity index is 0.999. The molecule has 0 saturated heterocycles. The predicted octanol–water partition coefficient (Wildman–Crippen LogP) is 29.0. The Kier molecular flexibility index (Phi) is 12.8. The molecular weight excluding hydrogens is 1430 g/mol. The fraction of sp³-hybridized carbons (Fsp3) is 0.143. The quantitative estimate of drug-likeness (QED) is 0.114. The highest BCUT2D eigenvalue weighted by Gasteiger charge is 2.47. The van der Waals surface area contributed by atoms with Gasteiger partial charge in [-0.3, -0.25) is 0 Å².